The minimum Gasteiger partial charge on any atom is -0.313 e. The van der Waals surface area contributed by atoms with Gasteiger partial charge in [0.1, 0.15) is 0 Å². The fraction of sp³-hybridized carbons (Fsp3) is 0.438. The number of halogens is 1. The van der Waals surface area contributed by atoms with Gasteiger partial charge in [-0.25, -0.2) is 0 Å². The predicted octanol–water partition coefficient (Wildman–Crippen LogP) is 4.17. The van der Waals surface area contributed by atoms with Crippen molar-refractivity contribution in [1.29, 1.82) is 0 Å². The van der Waals surface area contributed by atoms with E-state index in [1.165, 1.54) is 16.9 Å². The molecule has 0 saturated heterocycles. The van der Waals surface area contributed by atoms with Crippen molar-refractivity contribution in [2.75, 3.05) is 6.54 Å². The molecular formula is C16H22ClN3S. The third-order valence-corrected chi connectivity index (χ3v) is 4.83. The van der Waals surface area contributed by atoms with Crippen LogP contribution in [0.3, 0.4) is 0 Å². The minimum atomic E-state index is 0.783. The van der Waals surface area contributed by atoms with Crippen LogP contribution in [-0.2, 0) is 19.3 Å². The molecule has 0 bridgehead atoms. The van der Waals surface area contributed by atoms with E-state index in [2.05, 4.69) is 41.6 Å². The average Bonchev–Trinajstić information content (AvgIpc) is 2.72. The molecule has 0 spiro atoms. The fourth-order valence-corrected chi connectivity index (χ4v) is 3.37. The Bertz CT molecular complexity index is 578. The molecule has 2 rings (SSSR count). The van der Waals surface area contributed by atoms with Gasteiger partial charge in [0.25, 0.3) is 0 Å². The fourth-order valence-electron chi connectivity index (χ4n) is 2.10. The van der Waals surface area contributed by atoms with Gasteiger partial charge < -0.3 is 5.32 Å². The number of aryl methyl sites for hydroxylation is 2. The van der Waals surface area contributed by atoms with Crippen LogP contribution in [0.1, 0.15) is 30.3 Å². The molecule has 0 atom stereocenters. The Morgan fingerprint density at radius 1 is 1.29 bits per heavy atom. The SMILES string of the molecule is CCCNCc1ccc(SCc2c(Cl)c(C)nn2C)cc1. The van der Waals surface area contributed by atoms with Crippen molar-refractivity contribution in [1.82, 2.24) is 15.1 Å². The molecule has 0 amide bonds. The Hall–Kier alpha value is -0.970. The Morgan fingerprint density at radius 3 is 2.57 bits per heavy atom. The lowest BCUT2D eigenvalue weighted by atomic mass is 10.2. The normalized spacial score (nSPS) is 11.0. The average molecular weight is 324 g/mol. The van der Waals surface area contributed by atoms with Crippen LogP contribution in [0.2, 0.25) is 5.02 Å². The summed E-state index contributed by atoms with van der Waals surface area (Å²) in [7, 11) is 1.94. The maximum Gasteiger partial charge on any atom is 0.0855 e. The van der Waals surface area contributed by atoms with E-state index in [0.717, 1.165) is 35.3 Å². The molecule has 114 valence electrons. The molecule has 1 aromatic heterocycles. The first-order chi connectivity index (χ1) is 10.1. The van der Waals surface area contributed by atoms with Gasteiger partial charge in [0.05, 0.1) is 16.4 Å². The molecule has 1 heterocycles. The van der Waals surface area contributed by atoms with Crippen molar-refractivity contribution in [3.05, 3.63) is 46.2 Å². The van der Waals surface area contributed by atoms with E-state index in [1.54, 1.807) is 11.8 Å². The lowest BCUT2D eigenvalue weighted by molar-refractivity contribution is 0.675. The first-order valence-corrected chi connectivity index (χ1v) is 8.58. The van der Waals surface area contributed by atoms with Gasteiger partial charge in [-0.3, -0.25) is 4.68 Å². The zero-order chi connectivity index (χ0) is 15.2. The smallest absolute Gasteiger partial charge is 0.0855 e. The summed E-state index contributed by atoms with van der Waals surface area (Å²) in [6.07, 6.45) is 1.17. The first kappa shape index (κ1) is 16.4. The van der Waals surface area contributed by atoms with E-state index in [1.807, 2.05) is 18.7 Å². The summed E-state index contributed by atoms with van der Waals surface area (Å²) in [5.41, 5.74) is 3.29. The molecule has 0 aliphatic heterocycles. The highest BCUT2D eigenvalue weighted by atomic mass is 35.5. The zero-order valence-electron chi connectivity index (χ0n) is 12.8. The number of hydrogen-bond acceptors (Lipinski definition) is 3. The number of thioether (sulfide) groups is 1. The number of aromatic nitrogens is 2. The van der Waals surface area contributed by atoms with Gasteiger partial charge in [-0.1, -0.05) is 30.7 Å². The number of nitrogens with one attached hydrogen (secondary N) is 1. The van der Waals surface area contributed by atoms with E-state index >= 15 is 0 Å². The standard InChI is InChI=1S/C16H22ClN3S/c1-4-9-18-10-13-5-7-14(8-6-13)21-11-15-16(17)12(2)19-20(15)3/h5-8,18H,4,9-11H2,1-3H3. The van der Waals surface area contributed by atoms with E-state index in [9.17, 15) is 0 Å². The summed E-state index contributed by atoms with van der Waals surface area (Å²) in [5, 5.41) is 8.54. The Morgan fingerprint density at radius 2 is 2.00 bits per heavy atom. The first-order valence-electron chi connectivity index (χ1n) is 7.22. The molecule has 3 nitrogen and oxygen atoms in total. The maximum atomic E-state index is 6.27. The quantitative estimate of drug-likeness (QED) is 0.612. The topological polar surface area (TPSA) is 29.9 Å². The second kappa shape index (κ2) is 7.87. The third kappa shape index (κ3) is 4.50. The highest BCUT2D eigenvalue weighted by molar-refractivity contribution is 7.98. The summed E-state index contributed by atoms with van der Waals surface area (Å²) < 4.78 is 1.87. The van der Waals surface area contributed by atoms with Gasteiger partial charge in [0.2, 0.25) is 0 Å². The number of rotatable bonds is 7. The van der Waals surface area contributed by atoms with Crippen LogP contribution in [0.25, 0.3) is 0 Å². The molecule has 1 aromatic carbocycles. The second-order valence-electron chi connectivity index (χ2n) is 5.08. The maximum absolute atomic E-state index is 6.27. The van der Waals surface area contributed by atoms with Crippen molar-refractivity contribution in [3.63, 3.8) is 0 Å². The highest BCUT2D eigenvalue weighted by Gasteiger charge is 2.11. The van der Waals surface area contributed by atoms with E-state index in [-0.39, 0.29) is 0 Å². The lowest BCUT2D eigenvalue weighted by Crippen LogP contribution is -2.13. The molecular weight excluding hydrogens is 302 g/mol. The van der Waals surface area contributed by atoms with Crippen LogP contribution in [0, 0.1) is 6.92 Å². The van der Waals surface area contributed by atoms with Crippen LogP contribution in [0.15, 0.2) is 29.2 Å². The van der Waals surface area contributed by atoms with Crippen molar-refractivity contribution in [3.8, 4) is 0 Å². The zero-order valence-corrected chi connectivity index (χ0v) is 14.4. The summed E-state index contributed by atoms with van der Waals surface area (Å²) in [6, 6.07) is 8.71. The minimum absolute atomic E-state index is 0.783. The van der Waals surface area contributed by atoms with Crippen molar-refractivity contribution in [2.24, 2.45) is 7.05 Å². The predicted molar refractivity (Wildman–Crippen MR) is 91.0 cm³/mol. The van der Waals surface area contributed by atoms with Gasteiger partial charge in [-0.05, 0) is 37.6 Å². The monoisotopic (exact) mass is 323 g/mol. The number of benzene rings is 1. The second-order valence-corrected chi connectivity index (χ2v) is 6.51. The highest BCUT2D eigenvalue weighted by Crippen LogP contribution is 2.28. The molecule has 2 aromatic rings. The lowest BCUT2D eigenvalue weighted by Gasteiger charge is -2.06. The van der Waals surface area contributed by atoms with Crippen LogP contribution in [-0.4, -0.2) is 16.3 Å². The number of nitrogens with zero attached hydrogens (tertiary/aromatic N) is 2. The van der Waals surface area contributed by atoms with E-state index in [0.29, 0.717) is 0 Å². The van der Waals surface area contributed by atoms with Crippen molar-refractivity contribution >= 4 is 23.4 Å². The van der Waals surface area contributed by atoms with Crippen molar-refractivity contribution in [2.45, 2.75) is 37.5 Å². The molecule has 21 heavy (non-hydrogen) atoms. The van der Waals surface area contributed by atoms with Gasteiger partial charge in [-0.15, -0.1) is 11.8 Å². The van der Waals surface area contributed by atoms with Crippen LogP contribution in [0.4, 0.5) is 0 Å². The van der Waals surface area contributed by atoms with Crippen molar-refractivity contribution < 1.29 is 0 Å². The van der Waals surface area contributed by atoms with Gasteiger partial charge >= 0.3 is 0 Å². The molecule has 0 radical (unpaired) electrons. The molecule has 0 saturated carbocycles. The Kier molecular flexibility index (Phi) is 6.15. The third-order valence-electron chi connectivity index (χ3n) is 3.32. The largest absolute Gasteiger partial charge is 0.313 e. The van der Waals surface area contributed by atoms with Crippen LogP contribution >= 0.6 is 23.4 Å². The van der Waals surface area contributed by atoms with Gasteiger partial charge in [0, 0.05) is 24.2 Å². The Labute approximate surface area is 136 Å². The molecule has 1 N–H and O–H groups in total. The molecule has 0 fully saturated rings. The summed E-state index contributed by atoms with van der Waals surface area (Å²) in [4.78, 5) is 1.25. The van der Waals surface area contributed by atoms with Crippen LogP contribution < -0.4 is 5.32 Å². The summed E-state index contributed by atoms with van der Waals surface area (Å²) >= 11 is 8.06. The summed E-state index contributed by atoms with van der Waals surface area (Å²) in [6.45, 7) is 6.12. The molecule has 5 heteroatoms. The van der Waals surface area contributed by atoms with Gasteiger partial charge in [-0.2, -0.15) is 5.10 Å². The number of hydrogen-bond donors (Lipinski definition) is 1. The Balaban J connectivity index is 1.91. The summed E-state index contributed by atoms with van der Waals surface area (Å²) in [5.74, 6) is 0.837. The van der Waals surface area contributed by atoms with E-state index < -0.39 is 0 Å². The molecule has 0 unspecified atom stereocenters. The molecule has 0 aliphatic rings. The van der Waals surface area contributed by atoms with E-state index in [4.69, 9.17) is 11.6 Å². The van der Waals surface area contributed by atoms with Gasteiger partial charge in [0.15, 0.2) is 0 Å². The molecule has 0 aliphatic carbocycles. The van der Waals surface area contributed by atoms with Crippen LogP contribution in [0.5, 0.6) is 0 Å².